The Kier molecular flexibility index (Phi) is 7.82. The molecule has 2 heterocycles. The van der Waals surface area contributed by atoms with Gasteiger partial charge in [0.1, 0.15) is 5.69 Å². The fourth-order valence-corrected chi connectivity index (χ4v) is 4.86. The van der Waals surface area contributed by atoms with Crippen LogP contribution in [-0.2, 0) is 6.54 Å². The molecular weight excluding hydrogens is 458 g/mol. The first kappa shape index (κ1) is 24.6. The molecule has 0 radical (unpaired) electrons. The second-order valence-electron chi connectivity index (χ2n) is 9.67. The summed E-state index contributed by atoms with van der Waals surface area (Å²) in [6.07, 6.45) is 4.03. The van der Waals surface area contributed by atoms with Crippen LogP contribution in [0.5, 0.6) is 0 Å². The van der Waals surface area contributed by atoms with E-state index in [1.54, 1.807) is 12.1 Å². The highest BCUT2D eigenvalue weighted by atomic mass is 16.1. The van der Waals surface area contributed by atoms with E-state index in [9.17, 15) is 9.59 Å². The molecule has 1 aliphatic rings. The standard InChI is InChI=1S/C32H31N3O2/c36-31(20-24-16-18-35(19-17-24)23-25-8-3-1-4-9-25)30-15-14-28(22-33-30)32(37)34-29-13-7-12-27(21-29)26-10-5-2-6-11-26/h1-15,21-22,24H,16-20,23H2,(H,34,37). The monoisotopic (exact) mass is 489 g/mol. The van der Waals surface area contributed by atoms with E-state index in [4.69, 9.17) is 0 Å². The third-order valence-electron chi connectivity index (χ3n) is 6.97. The number of hydrogen-bond acceptors (Lipinski definition) is 4. The van der Waals surface area contributed by atoms with E-state index >= 15 is 0 Å². The van der Waals surface area contributed by atoms with Crippen molar-refractivity contribution in [3.8, 4) is 11.1 Å². The number of nitrogens with zero attached hydrogens (tertiary/aromatic N) is 2. The molecule has 37 heavy (non-hydrogen) atoms. The molecule has 0 aliphatic carbocycles. The minimum Gasteiger partial charge on any atom is -0.322 e. The van der Waals surface area contributed by atoms with Gasteiger partial charge in [0.05, 0.1) is 5.56 Å². The summed E-state index contributed by atoms with van der Waals surface area (Å²) >= 11 is 0. The number of ketones is 1. The molecule has 0 bridgehead atoms. The fourth-order valence-electron chi connectivity index (χ4n) is 4.86. The molecule has 5 nitrogen and oxygen atoms in total. The highest BCUT2D eigenvalue weighted by Crippen LogP contribution is 2.24. The van der Waals surface area contributed by atoms with Gasteiger partial charge in [-0.1, -0.05) is 72.8 Å². The van der Waals surface area contributed by atoms with Gasteiger partial charge >= 0.3 is 0 Å². The lowest BCUT2D eigenvalue weighted by molar-refractivity contribution is 0.0918. The molecule has 1 aliphatic heterocycles. The van der Waals surface area contributed by atoms with E-state index in [0.717, 1.165) is 43.6 Å². The van der Waals surface area contributed by atoms with E-state index < -0.39 is 0 Å². The lowest BCUT2D eigenvalue weighted by atomic mass is 9.90. The molecule has 186 valence electrons. The van der Waals surface area contributed by atoms with E-state index in [1.807, 2.05) is 60.7 Å². The highest BCUT2D eigenvalue weighted by Gasteiger charge is 2.23. The van der Waals surface area contributed by atoms with Gasteiger partial charge in [0, 0.05) is 24.8 Å². The summed E-state index contributed by atoms with van der Waals surface area (Å²) in [5.41, 5.74) is 5.01. The van der Waals surface area contributed by atoms with Crippen molar-refractivity contribution in [3.63, 3.8) is 0 Å². The maximum Gasteiger partial charge on any atom is 0.257 e. The number of pyridine rings is 1. The van der Waals surface area contributed by atoms with Gasteiger partial charge in [0.25, 0.3) is 5.91 Å². The first-order valence-electron chi connectivity index (χ1n) is 12.9. The van der Waals surface area contributed by atoms with Crippen LogP contribution in [0.4, 0.5) is 5.69 Å². The van der Waals surface area contributed by atoms with Crippen molar-refractivity contribution in [1.82, 2.24) is 9.88 Å². The van der Waals surface area contributed by atoms with Gasteiger partial charge < -0.3 is 5.32 Å². The van der Waals surface area contributed by atoms with E-state index in [-0.39, 0.29) is 11.7 Å². The normalized spacial score (nSPS) is 14.3. The van der Waals surface area contributed by atoms with Crippen LogP contribution in [0.25, 0.3) is 11.1 Å². The second kappa shape index (κ2) is 11.8. The number of likely N-dealkylation sites (tertiary alicyclic amines) is 1. The molecule has 1 saturated heterocycles. The Morgan fingerprint density at radius 2 is 1.51 bits per heavy atom. The summed E-state index contributed by atoms with van der Waals surface area (Å²) < 4.78 is 0. The summed E-state index contributed by atoms with van der Waals surface area (Å²) in [6, 6.07) is 31.6. The number of hydrogen-bond donors (Lipinski definition) is 1. The lowest BCUT2D eigenvalue weighted by Crippen LogP contribution is -2.34. The molecule has 3 aromatic carbocycles. The number of rotatable bonds is 8. The summed E-state index contributed by atoms with van der Waals surface area (Å²) in [7, 11) is 0. The molecule has 0 saturated carbocycles. The number of anilines is 1. The maximum atomic E-state index is 12.9. The molecule has 0 atom stereocenters. The Morgan fingerprint density at radius 3 is 2.22 bits per heavy atom. The summed E-state index contributed by atoms with van der Waals surface area (Å²) in [5.74, 6) is 0.174. The van der Waals surface area contributed by atoms with Crippen LogP contribution in [0.15, 0.2) is 103 Å². The zero-order valence-electron chi connectivity index (χ0n) is 20.8. The van der Waals surface area contributed by atoms with Crippen molar-refractivity contribution in [2.24, 2.45) is 5.92 Å². The van der Waals surface area contributed by atoms with Crippen molar-refractivity contribution in [3.05, 3.63) is 120 Å². The average molecular weight is 490 g/mol. The molecule has 1 amide bonds. The Balaban J connectivity index is 1.13. The molecule has 1 aromatic heterocycles. The number of benzene rings is 3. The number of piperidine rings is 1. The first-order chi connectivity index (χ1) is 18.1. The Labute approximate surface area is 218 Å². The molecular formula is C32H31N3O2. The molecule has 0 spiro atoms. The largest absolute Gasteiger partial charge is 0.322 e. The minimum absolute atomic E-state index is 0.0454. The van der Waals surface area contributed by atoms with E-state index in [0.29, 0.717) is 29.3 Å². The Bertz CT molecular complexity index is 1330. The fraction of sp³-hybridized carbons (Fsp3) is 0.219. The molecule has 1 fully saturated rings. The van der Waals surface area contributed by atoms with Crippen LogP contribution in [-0.4, -0.2) is 34.7 Å². The van der Waals surface area contributed by atoms with Crippen molar-refractivity contribution in [2.75, 3.05) is 18.4 Å². The van der Waals surface area contributed by atoms with E-state index in [2.05, 4.69) is 39.5 Å². The highest BCUT2D eigenvalue weighted by molar-refractivity contribution is 6.05. The van der Waals surface area contributed by atoms with Gasteiger partial charge in [-0.05, 0) is 72.8 Å². The minimum atomic E-state index is -0.248. The lowest BCUT2D eigenvalue weighted by Gasteiger charge is -2.31. The zero-order valence-corrected chi connectivity index (χ0v) is 20.8. The van der Waals surface area contributed by atoms with Crippen LogP contribution >= 0.6 is 0 Å². The zero-order chi connectivity index (χ0) is 25.5. The molecule has 4 aromatic rings. The van der Waals surface area contributed by atoms with Crippen LogP contribution < -0.4 is 5.32 Å². The molecule has 1 N–H and O–H groups in total. The average Bonchev–Trinajstić information content (AvgIpc) is 2.95. The van der Waals surface area contributed by atoms with Crippen molar-refractivity contribution >= 4 is 17.4 Å². The SMILES string of the molecule is O=C(Nc1cccc(-c2ccccc2)c1)c1ccc(C(=O)CC2CCN(Cc3ccccc3)CC2)nc1. The Hall–Kier alpha value is -4.09. The number of carbonyl (C=O) groups is 2. The van der Waals surface area contributed by atoms with Crippen LogP contribution in [0.2, 0.25) is 0 Å². The third kappa shape index (κ3) is 6.57. The van der Waals surface area contributed by atoms with Gasteiger partial charge in [0.15, 0.2) is 5.78 Å². The quantitative estimate of drug-likeness (QED) is 0.288. The predicted octanol–water partition coefficient (Wildman–Crippen LogP) is 6.49. The molecule has 5 heteroatoms. The number of amides is 1. The summed E-state index contributed by atoms with van der Waals surface area (Å²) in [5, 5.41) is 2.94. The summed E-state index contributed by atoms with van der Waals surface area (Å²) in [6.45, 7) is 2.97. The summed E-state index contributed by atoms with van der Waals surface area (Å²) in [4.78, 5) is 32.4. The number of carbonyl (C=O) groups excluding carboxylic acids is 2. The number of Topliss-reactive ketones (excluding diaryl/α,β-unsaturated/α-hetero) is 1. The van der Waals surface area contributed by atoms with Crippen molar-refractivity contribution in [2.45, 2.75) is 25.8 Å². The molecule has 0 unspecified atom stereocenters. The predicted molar refractivity (Wildman–Crippen MR) is 147 cm³/mol. The number of aromatic nitrogens is 1. The topological polar surface area (TPSA) is 62.3 Å². The van der Waals surface area contributed by atoms with Crippen LogP contribution in [0.3, 0.4) is 0 Å². The van der Waals surface area contributed by atoms with Crippen molar-refractivity contribution in [1.29, 1.82) is 0 Å². The van der Waals surface area contributed by atoms with Gasteiger partial charge in [-0.15, -0.1) is 0 Å². The van der Waals surface area contributed by atoms with E-state index in [1.165, 1.54) is 11.8 Å². The number of nitrogens with one attached hydrogen (secondary N) is 1. The smallest absolute Gasteiger partial charge is 0.257 e. The van der Waals surface area contributed by atoms with Gasteiger partial charge in [-0.2, -0.15) is 0 Å². The van der Waals surface area contributed by atoms with Crippen molar-refractivity contribution < 1.29 is 9.59 Å². The van der Waals surface area contributed by atoms with Gasteiger partial charge in [0.2, 0.25) is 0 Å². The second-order valence-corrected chi connectivity index (χ2v) is 9.67. The molecule has 5 rings (SSSR count). The van der Waals surface area contributed by atoms with Gasteiger partial charge in [-0.3, -0.25) is 19.5 Å². The maximum absolute atomic E-state index is 12.9. The van der Waals surface area contributed by atoms with Crippen LogP contribution in [0, 0.1) is 5.92 Å². The van der Waals surface area contributed by atoms with Gasteiger partial charge in [-0.25, -0.2) is 0 Å². The van der Waals surface area contributed by atoms with Crippen LogP contribution in [0.1, 0.15) is 45.7 Å². The Morgan fingerprint density at radius 1 is 0.811 bits per heavy atom. The first-order valence-corrected chi connectivity index (χ1v) is 12.9. The third-order valence-corrected chi connectivity index (χ3v) is 6.97.